The number of benzene rings is 2. The van der Waals surface area contributed by atoms with Crippen LogP contribution in [0.1, 0.15) is 0 Å². The van der Waals surface area contributed by atoms with E-state index in [0.717, 1.165) is 0 Å². The second-order valence-corrected chi connectivity index (χ2v) is 5.73. The molecule has 122 valence electrons. The third-order valence-corrected chi connectivity index (χ3v) is 4.41. The highest BCUT2D eigenvalue weighted by Crippen LogP contribution is 2.34. The standard InChI is InChI=1S/C19H11NO5/c1-23-12-8-4-6-10-15(12)20-18(21)14-13-9-5-2-3-7-11(9)24-17(13)19(22)25-16(10)14/h2-8H,1H3,(H,20,21). The van der Waals surface area contributed by atoms with E-state index in [9.17, 15) is 9.59 Å². The molecule has 1 N–H and O–H groups in total. The van der Waals surface area contributed by atoms with Gasteiger partial charge in [-0.05, 0) is 18.2 Å². The summed E-state index contributed by atoms with van der Waals surface area (Å²) in [5.41, 5.74) is 0.295. The van der Waals surface area contributed by atoms with Crippen LogP contribution in [0.5, 0.6) is 5.75 Å². The van der Waals surface area contributed by atoms with Gasteiger partial charge in [-0.2, -0.15) is 0 Å². The molecular weight excluding hydrogens is 322 g/mol. The van der Waals surface area contributed by atoms with E-state index in [0.29, 0.717) is 38.4 Å². The van der Waals surface area contributed by atoms with Crippen molar-refractivity contribution in [2.24, 2.45) is 0 Å². The maximum Gasteiger partial charge on any atom is 0.380 e. The van der Waals surface area contributed by atoms with E-state index in [1.54, 1.807) is 30.3 Å². The first-order chi connectivity index (χ1) is 12.2. The first-order valence-corrected chi connectivity index (χ1v) is 7.66. The largest absolute Gasteiger partial charge is 0.495 e. The third kappa shape index (κ3) is 1.73. The van der Waals surface area contributed by atoms with Crippen molar-refractivity contribution in [2.75, 3.05) is 7.11 Å². The fraction of sp³-hybridized carbons (Fsp3) is 0.0526. The van der Waals surface area contributed by atoms with E-state index >= 15 is 0 Å². The molecule has 0 aliphatic carbocycles. The number of ether oxygens (including phenoxy) is 1. The molecule has 0 saturated carbocycles. The van der Waals surface area contributed by atoms with Crippen LogP contribution in [0.3, 0.4) is 0 Å². The lowest BCUT2D eigenvalue weighted by molar-refractivity contribution is 0.419. The fourth-order valence-electron chi connectivity index (χ4n) is 3.34. The van der Waals surface area contributed by atoms with Gasteiger partial charge in [0.15, 0.2) is 5.58 Å². The smallest absolute Gasteiger partial charge is 0.380 e. The van der Waals surface area contributed by atoms with Crippen LogP contribution in [0.2, 0.25) is 0 Å². The molecule has 0 aliphatic heterocycles. The van der Waals surface area contributed by atoms with E-state index in [1.807, 2.05) is 12.1 Å². The molecule has 25 heavy (non-hydrogen) atoms. The second kappa shape index (κ2) is 4.73. The summed E-state index contributed by atoms with van der Waals surface area (Å²) < 4.78 is 16.4. The molecule has 0 bridgehead atoms. The number of H-pyrrole nitrogens is 1. The lowest BCUT2D eigenvalue weighted by Gasteiger charge is -2.07. The molecule has 2 aromatic carbocycles. The number of furan rings is 1. The van der Waals surface area contributed by atoms with Crippen LogP contribution in [0.4, 0.5) is 0 Å². The zero-order valence-electron chi connectivity index (χ0n) is 13.1. The number of fused-ring (bicyclic) bond motifs is 7. The van der Waals surface area contributed by atoms with Crippen molar-refractivity contribution in [2.45, 2.75) is 0 Å². The minimum absolute atomic E-state index is 0.0430. The lowest BCUT2D eigenvalue weighted by Crippen LogP contribution is -2.10. The first kappa shape index (κ1) is 13.9. The molecule has 5 aromatic rings. The third-order valence-electron chi connectivity index (χ3n) is 4.41. The van der Waals surface area contributed by atoms with Crippen LogP contribution >= 0.6 is 0 Å². The molecule has 0 spiro atoms. The topological polar surface area (TPSA) is 85.4 Å². The van der Waals surface area contributed by atoms with Crippen molar-refractivity contribution in [3.8, 4) is 5.75 Å². The molecule has 0 aliphatic rings. The lowest BCUT2D eigenvalue weighted by atomic mass is 10.1. The number of methoxy groups -OCH3 is 1. The van der Waals surface area contributed by atoms with E-state index in [2.05, 4.69) is 4.98 Å². The quantitative estimate of drug-likeness (QED) is 0.474. The van der Waals surface area contributed by atoms with Gasteiger partial charge in [-0.25, -0.2) is 4.79 Å². The van der Waals surface area contributed by atoms with Gasteiger partial charge in [-0.15, -0.1) is 0 Å². The summed E-state index contributed by atoms with van der Waals surface area (Å²) in [5.74, 6) is 0.497. The number of aromatic amines is 1. The predicted molar refractivity (Wildman–Crippen MR) is 94.4 cm³/mol. The monoisotopic (exact) mass is 333 g/mol. The number of hydrogen-bond acceptors (Lipinski definition) is 5. The summed E-state index contributed by atoms with van der Waals surface area (Å²) in [5, 5.41) is 2.05. The van der Waals surface area contributed by atoms with Crippen LogP contribution < -0.4 is 15.9 Å². The maximum atomic E-state index is 12.8. The van der Waals surface area contributed by atoms with Crippen molar-refractivity contribution < 1.29 is 13.6 Å². The molecule has 0 fully saturated rings. The van der Waals surface area contributed by atoms with Crippen LogP contribution in [0.15, 0.2) is 60.9 Å². The molecule has 0 amide bonds. The summed E-state index contributed by atoms with van der Waals surface area (Å²) in [6.07, 6.45) is 0. The van der Waals surface area contributed by atoms with Gasteiger partial charge in [-0.3, -0.25) is 4.79 Å². The Bertz CT molecular complexity index is 1420. The zero-order chi connectivity index (χ0) is 17.1. The minimum atomic E-state index is -0.617. The van der Waals surface area contributed by atoms with Crippen LogP contribution in [-0.4, -0.2) is 12.1 Å². The van der Waals surface area contributed by atoms with Gasteiger partial charge in [-0.1, -0.05) is 24.3 Å². The van der Waals surface area contributed by atoms with Crippen LogP contribution in [0, 0.1) is 0 Å². The average Bonchev–Trinajstić information content (AvgIpc) is 3.01. The summed E-state index contributed by atoms with van der Waals surface area (Å²) in [4.78, 5) is 28.1. The molecular formula is C19H11NO5. The van der Waals surface area contributed by atoms with Crippen LogP contribution in [-0.2, 0) is 0 Å². The predicted octanol–water partition coefficient (Wildman–Crippen LogP) is 3.54. The minimum Gasteiger partial charge on any atom is -0.495 e. The number of pyridine rings is 1. The summed E-state index contributed by atoms with van der Waals surface area (Å²) in [6, 6.07) is 12.5. The maximum absolute atomic E-state index is 12.8. The van der Waals surface area contributed by atoms with Crippen molar-refractivity contribution >= 4 is 43.8 Å². The summed E-state index contributed by atoms with van der Waals surface area (Å²) >= 11 is 0. The molecule has 0 saturated heterocycles. The Morgan fingerprint density at radius 1 is 0.880 bits per heavy atom. The van der Waals surface area contributed by atoms with Crippen molar-refractivity contribution in [3.05, 3.63) is 63.2 Å². The average molecular weight is 333 g/mol. The molecule has 0 radical (unpaired) electrons. The van der Waals surface area contributed by atoms with E-state index in [1.165, 1.54) is 7.11 Å². The zero-order valence-corrected chi connectivity index (χ0v) is 13.1. The Morgan fingerprint density at radius 3 is 2.52 bits per heavy atom. The van der Waals surface area contributed by atoms with Crippen molar-refractivity contribution in [1.82, 2.24) is 4.98 Å². The van der Waals surface area contributed by atoms with Gasteiger partial charge in [0.25, 0.3) is 5.56 Å². The molecule has 6 nitrogen and oxygen atoms in total. The summed E-state index contributed by atoms with van der Waals surface area (Å²) in [7, 11) is 1.51. The molecule has 3 aromatic heterocycles. The van der Waals surface area contributed by atoms with E-state index in [4.69, 9.17) is 13.6 Å². The fourth-order valence-corrected chi connectivity index (χ4v) is 3.34. The Kier molecular flexibility index (Phi) is 2.62. The van der Waals surface area contributed by atoms with Crippen LogP contribution in [0.25, 0.3) is 43.8 Å². The van der Waals surface area contributed by atoms with Crippen molar-refractivity contribution in [3.63, 3.8) is 0 Å². The van der Waals surface area contributed by atoms with Gasteiger partial charge < -0.3 is 18.6 Å². The van der Waals surface area contributed by atoms with Gasteiger partial charge in [0.1, 0.15) is 11.3 Å². The number of rotatable bonds is 1. The highest BCUT2D eigenvalue weighted by Gasteiger charge is 2.20. The van der Waals surface area contributed by atoms with Gasteiger partial charge in [0.2, 0.25) is 5.58 Å². The SMILES string of the molecule is COc1cccc2c1[nH]c(=O)c1c2oc(=O)c2oc3ccccc3c21. The van der Waals surface area contributed by atoms with E-state index < -0.39 is 5.63 Å². The Morgan fingerprint density at radius 2 is 1.68 bits per heavy atom. The van der Waals surface area contributed by atoms with E-state index in [-0.39, 0.29) is 16.7 Å². The Balaban J connectivity index is 2.17. The normalized spacial score (nSPS) is 11.7. The van der Waals surface area contributed by atoms with Gasteiger partial charge in [0, 0.05) is 10.8 Å². The number of aromatic nitrogens is 1. The second-order valence-electron chi connectivity index (χ2n) is 5.73. The Hall–Kier alpha value is -3.54. The number of para-hydroxylation sites is 2. The van der Waals surface area contributed by atoms with Gasteiger partial charge >= 0.3 is 5.63 Å². The number of nitrogens with one attached hydrogen (secondary N) is 1. The molecule has 0 unspecified atom stereocenters. The Labute approximate surface area is 139 Å². The molecule has 5 rings (SSSR count). The number of hydrogen-bond donors (Lipinski definition) is 1. The summed E-state index contributed by atoms with van der Waals surface area (Å²) in [6.45, 7) is 0. The molecule has 6 heteroatoms. The van der Waals surface area contributed by atoms with Crippen molar-refractivity contribution in [1.29, 1.82) is 0 Å². The highest BCUT2D eigenvalue weighted by molar-refractivity contribution is 6.20. The highest BCUT2D eigenvalue weighted by atomic mass is 16.5. The molecule has 0 atom stereocenters. The molecule has 3 heterocycles. The van der Waals surface area contributed by atoms with Gasteiger partial charge in [0.05, 0.1) is 23.4 Å². The first-order valence-electron chi connectivity index (χ1n) is 7.66.